The highest BCUT2D eigenvalue weighted by atomic mass is 14.9. The van der Waals surface area contributed by atoms with Gasteiger partial charge in [-0.05, 0) is 55.8 Å². The molecule has 1 saturated carbocycles. The average molecular weight is 203 g/mol. The molecular formula is C14H21N. The molecule has 0 radical (unpaired) electrons. The second-order valence-corrected chi connectivity index (χ2v) is 4.80. The molecule has 1 heteroatoms. The maximum absolute atomic E-state index is 3.59. The monoisotopic (exact) mass is 203 g/mol. The first-order valence-corrected chi connectivity index (χ1v) is 6.03. The molecule has 0 atom stereocenters. The molecule has 1 nitrogen and oxygen atoms in total. The molecule has 2 rings (SSSR count). The molecule has 1 fully saturated rings. The minimum atomic E-state index is 0.953. The first-order valence-electron chi connectivity index (χ1n) is 6.03. The predicted molar refractivity (Wildman–Crippen MR) is 65.0 cm³/mol. The highest BCUT2D eigenvalue weighted by Gasteiger charge is 2.16. The molecule has 0 bridgehead atoms. The zero-order valence-corrected chi connectivity index (χ0v) is 9.84. The molecular weight excluding hydrogens is 182 g/mol. The van der Waals surface area contributed by atoms with Crippen molar-refractivity contribution in [3.8, 4) is 0 Å². The van der Waals surface area contributed by atoms with E-state index in [0.29, 0.717) is 0 Å². The molecule has 1 aromatic rings. The molecule has 15 heavy (non-hydrogen) atoms. The lowest BCUT2D eigenvalue weighted by Crippen LogP contribution is -2.27. The Morgan fingerprint density at radius 1 is 1.20 bits per heavy atom. The third-order valence-corrected chi connectivity index (χ3v) is 3.60. The Kier molecular flexibility index (Phi) is 3.42. The standard InChI is InChI=1S/C14H21N/c1-11-5-3-6-12(2)14(11)10-15-9-13-7-4-8-13/h3,5-6,13,15H,4,7-10H2,1-2H3. The average Bonchev–Trinajstić information content (AvgIpc) is 2.13. The fourth-order valence-electron chi connectivity index (χ4n) is 2.23. The first kappa shape index (κ1) is 10.7. The lowest BCUT2D eigenvalue weighted by Gasteiger charge is -2.25. The van der Waals surface area contributed by atoms with Gasteiger partial charge < -0.3 is 5.32 Å². The van der Waals surface area contributed by atoms with Gasteiger partial charge in [0, 0.05) is 6.54 Å². The van der Waals surface area contributed by atoms with Crippen molar-refractivity contribution in [3.05, 3.63) is 34.9 Å². The van der Waals surface area contributed by atoms with Crippen molar-refractivity contribution in [1.82, 2.24) is 5.32 Å². The van der Waals surface area contributed by atoms with Crippen molar-refractivity contribution in [1.29, 1.82) is 0 Å². The Hall–Kier alpha value is -0.820. The second kappa shape index (κ2) is 4.80. The van der Waals surface area contributed by atoms with Crippen molar-refractivity contribution >= 4 is 0 Å². The van der Waals surface area contributed by atoms with Crippen LogP contribution in [0.4, 0.5) is 0 Å². The molecule has 0 saturated heterocycles. The van der Waals surface area contributed by atoms with E-state index in [1.54, 1.807) is 0 Å². The van der Waals surface area contributed by atoms with Crippen LogP contribution in [0.1, 0.15) is 36.0 Å². The van der Waals surface area contributed by atoms with Crippen LogP contribution in [-0.2, 0) is 6.54 Å². The Morgan fingerprint density at radius 3 is 2.40 bits per heavy atom. The van der Waals surface area contributed by atoms with E-state index < -0.39 is 0 Å². The topological polar surface area (TPSA) is 12.0 Å². The van der Waals surface area contributed by atoms with Crippen molar-refractivity contribution in [2.45, 2.75) is 39.7 Å². The molecule has 82 valence electrons. The minimum Gasteiger partial charge on any atom is -0.312 e. The van der Waals surface area contributed by atoms with Crippen LogP contribution in [0.15, 0.2) is 18.2 Å². The van der Waals surface area contributed by atoms with Crippen LogP contribution in [-0.4, -0.2) is 6.54 Å². The van der Waals surface area contributed by atoms with Gasteiger partial charge in [0.1, 0.15) is 0 Å². The van der Waals surface area contributed by atoms with Gasteiger partial charge in [0.2, 0.25) is 0 Å². The van der Waals surface area contributed by atoms with Crippen LogP contribution in [0.25, 0.3) is 0 Å². The summed E-state index contributed by atoms with van der Waals surface area (Å²) < 4.78 is 0. The van der Waals surface area contributed by atoms with Crippen LogP contribution >= 0.6 is 0 Å². The highest BCUT2D eigenvalue weighted by Crippen LogP contribution is 2.25. The van der Waals surface area contributed by atoms with Crippen LogP contribution in [0.5, 0.6) is 0 Å². The zero-order valence-electron chi connectivity index (χ0n) is 9.84. The van der Waals surface area contributed by atoms with Gasteiger partial charge in [-0.3, -0.25) is 0 Å². The fourth-order valence-corrected chi connectivity index (χ4v) is 2.23. The molecule has 0 spiro atoms. The predicted octanol–water partition coefficient (Wildman–Crippen LogP) is 3.19. The quantitative estimate of drug-likeness (QED) is 0.792. The van der Waals surface area contributed by atoms with Crippen molar-refractivity contribution < 1.29 is 0 Å². The molecule has 1 aromatic carbocycles. The lowest BCUT2D eigenvalue weighted by atomic mass is 9.85. The Bertz CT molecular complexity index is 306. The molecule has 1 aliphatic rings. The molecule has 1 N–H and O–H groups in total. The molecule has 0 aromatic heterocycles. The molecule has 1 aliphatic carbocycles. The maximum atomic E-state index is 3.59. The minimum absolute atomic E-state index is 0.953. The molecule has 0 amide bonds. The summed E-state index contributed by atoms with van der Waals surface area (Å²) in [5.74, 6) is 0.953. The van der Waals surface area contributed by atoms with E-state index in [4.69, 9.17) is 0 Å². The van der Waals surface area contributed by atoms with E-state index in [1.807, 2.05) is 0 Å². The fraction of sp³-hybridized carbons (Fsp3) is 0.571. The smallest absolute Gasteiger partial charge is 0.0210 e. The summed E-state index contributed by atoms with van der Waals surface area (Å²) in [5.41, 5.74) is 4.31. The summed E-state index contributed by atoms with van der Waals surface area (Å²) in [4.78, 5) is 0. The van der Waals surface area contributed by atoms with E-state index in [2.05, 4.69) is 37.4 Å². The molecule has 0 unspecified atom stereocenters. The van der Waals surface area contributed by atoms with Crippen molar-refractivity contribution in [3.63, 3.8) is 0 Å². The first-order chi connectivity index (χ1) is 7.27. The number of rotatable bonds is 4. The Labute approximate surface area is 92.9 Å². The van der Waals surface area contributed by atoms with Crippen LogP contribution in [0.2, 0.25) is 0 Å². The van der Waals surface area contributed by atoms with Crippen molar-refractivity contribution in [2.75, 3.05) is 6.54 Å². The van der Waals surface area contributed by atoms with Crippen molar-refractivity contribution in [2.24, 2.45) is 5.92 Å². The van der Waals surface area contributed by atoms with E-state index in [-0.39, 0.29) is 0 Å². The van der Waals surface area contributed by atoms with Gasteiger partial charge in [-0.2, -0.15) is 0 Å². The highest BCUT2D eigenvalue weighted by molar-refractivity contribution is 5.33. The van der Waals surface area contributed by atoms with Crippen LogP contribution < -0.4 is 5.32 Å². The van der Waals surface area contributed by atoms with E-state index in [1.165, 1.54) is 42.5 Å². The van der Waals surface area contributed by atoms with Crippen LogP contribution in [0.3, 0.4) is 0 Å². The SMILES string of the molecule is Cc1cccc(C)c1CNCC1CCC1. The number of hydrogen-bond donors (Lipinski definition) is 1. The van der Waals surface area contributed by atoms with Gasteiger partial charge in [-0.15, -0.1) is 0 Å². The van der Waals surface area contributed by atoms with Gasteiger partial charge in [0.05, 0.1) is 0 Å². The molecule has 0 heterocycles. The van der Waals surface area contributed by atoms with Crippen LogP contribution in [0, 0.1) is 19.8 Å². The zero-order chi connectivity index (χ0) is 10.7. The number of aryl methyl sites for hydroxylation is 2. The molecule has 0 aliphatic heterocycles. The van der Waals surface area contributed by atoms with E-state index >= 15 is 0 Å². The Morgan fingerprint density at radius 2 is 1.87 bits per heavy atom. The third-order valence-electron chi connectivity index (χ3n) is 3.60. The summed E-state index contributed by atoms with van der Waals surface area (Å²) in [5, 5.41) is 3.59. The number of nitrogens with one attached hydrogen (secondary N) is 1. The summed E-state index contributed by atoms with van der Waals surface area (Å²) in [6.45, 7) is 6.64. The largest absolute Gasteiger partial charge is 0.312 e. The number of benzene rings is 1. The summed E-state index contributed by atoms with van der Waals surface area (Å²) >= 11 is 0. The lowest BCUT2D eigenvalue weighted by molar-refractivity contribution is 0.301. The summed E-state index contributed by atoms with van der Waals surface area (Å²) in [6, 6.07) is 6.54. The van der Waals surface area contributed by atoms with Gasteiger partial charge in [-0.25, -0.2) is 0 Å². The van der Waals surface area contributed by atoms with Gasteiger partial charge in [0.15, 0.2) is 0 Å². The van der Waals surface area contributed by atoms with Gasteiger partial charge >= 0.3 is 0 Å². The second-order valence-electron chi connectivity index (χ2n) is 4.80. The third kappa shape index (κ3) is 2.60. The summed E-state index contributed by atoms with van der Waals surface area (Å²) in [7, 11) is 0. The van der Waals surface area contributed by atoms with Gasteiger partial charge in [-0.1, -0.05) is 24.6 Å². The number of hydrogen-bond acceptors (Lipinski definition) is 1. The summed E-state index contributed by atoms with van der Waals surface area (Å²) in [6.07, 6.45) is 4.30. The Balaban J connectivity index is 1.86. The van der Waals surface area contributed by atoms with E-state index in [0.717, 1.165) is 12.5 Å². The maximum Gasteiger partial charge on any atom is 0.0210 e. The normalized spacial score (nSPS) is 16.4. The van der Waals surface area contributed by atoms with E-state index in [9.17, 15) is 0 Å². The van der Waals surface area contributed by atoms with Gasteiger partial charge in [0.25, 0.3) is 0 Å².